The Kier molecular flexibility index (Phi) is 7.47. The Morgan fingerprint density at radius 2 is 1.81 bits per heavy atom. The Labute approximate surface area is 213 Å². The molecule has 196 valence electrons. The molecule has 3 aliphatic heterocycles. The summed E-state index contributed by atoms with van der Waals surface area (Å²) in [6.07, 6.45) is 5.42. The maximum Gasteiger partial charge on any atom is 0.252 e. The number of hydrogen-bond donors (Lipinski definition) is 1. The Hall–Kier alpha value is -2.29. The van der Waals surface area contributed by atoms with Crippen LogP contribution >= 0.6 is 0 Å². The molecule has 1 aromatic rings. The molecule has 5 rings (SSSR count). The van der Waals surface area contributed by atoms with E-state index < -0.39 is 17.7 Å². The van der Waals surface area contributed by atoms with Gasteiger partial charge in [0.05, 0.1) is 6.54 Å². The molecular weight excluding hydrogens is 458 g/mol. The monoisotopic (exact) mass is 497 g/mol. The number of benzene rings is 1. The summed E-state index contributed by atoms with van der Waals surface area (Å²) in [6, 6.07) is 7.29. The molecule has 8 heteroatoms. The third-order valence-electron chi connectivity index (χ3n) is 8.85. The summed E-state index contributed by atoms with van der Waals surface area (Å²) in [5.74, 6) is 0.0265. The molecule has 3 heterocycles. The second kappa shape index (κ2) is 10.6. The summed E-state index contributed by atoms with van der Waals surface area (Å²) in [7, 11) is 1.58. The van der Waals surface area contributed by atoms with Gasteiger partial charge in [-0.05, 0) is 68.9 Å². The standard InChI is InChI=1S/C28H39N3O5/c1-3-30-15-11-20(12-16-30)19-7-9-21(10-8-19)26(33)29-28(13-5-4-6-14-28)27(34)31-17-23(35-2)25-24(31)22(32)18-36-25/h7-10,20,23-25H,3-6,11-18H2,1-2H3,(H,29,33)/t23-,24+,25+/m0/s1. The molecule has 2 amide bonds. The first kappa shape index (κ1) is 25.4. The van der Waals surface area contributed by atoms with Gasteiger partial charge >= 0.3 is 0 Å². The number of methoxy groups -OCH3 is 1. The average Bonchev–Trinajstić information content (AvgIpc) is 3.49. The number of Topliss-reactive ketones (excluding diaryl/α,β-unsaturated/α-hetero) is 1. The highest BCUT2D eigenvalue weighted by molar-refractivity contribution is 6.01. The fourth-order valence-electron chi connectivity index (χ4n) is 6.63. The van der Waals surface area contributed by atoms with Crippen molar-refractivity contribution in [1.29, 1.82) is 0 Å². The molecule has 3 atom stereocenters. The lowest BCUT2D eigenvalue weighted by Crippen LogP contribution is -2.62. The van der Waals surface area contributed by atoms with Crippen LogP contribution in [0.1, 0.15) is 73.7 Å². The van der Waals surface area contributed by atoms with Crippen molar-refractivity contribution in [2.75, 3.05) is 39.9 Å². The van der Waals surface area contributed by atoms with Crippen LogP contribution < -0.4 is 5.32 Å². The molecule has 4 fully saturated rings. The van der Waals surface area contributed by atoms with E-state index in [0.29, 0.717) is 30.9 Å². The number of fused-ring (bicyclic) bond motifs is 1. The SMILES string of the molecule is CCN1CCC(c2ccc(C(=O)NC3(C(=O)N4C[C@H](OC)[C@H]5OCC(=O)[C@H]54)CCCCC3)cc2)CC1. The summed E-state index contributed by atoms with van der Waals surface area (Å²) < 4.78 is 11.2. The van der Waals surface area contributed by atoms with E-state index in [1.54, 1.807) is 12.0 Å². The van der Waals surface area contributed by atoms with Crippen molar-refractivity contribution < 1.29 is 23.9 Å². The largest absolute Gasteiger partial charge is 0.377 e. The molecule has 36 heavy (non-hydrogen) atoms. The number of ketones is 1. The normalized spacial score (nSPS) is 28.8. The number of hydrogen-bond acceptors (Lipinski definition) is 6. The second-order valence-corrected chi connectivity index (χ2v) is 10.8. The number of nitrogens with zero attached hydrogens (tertiary/aromatic N) is 2. The van der Waals surface area contributed by atoms with Crippen LogP contribution in [-0.4, -0.2) is 91.1 Å². The van der Waals surface area contributed by atoms with Gasteiger partial charge in [0.25, 0.3) is 5.91 Å². The van der Waals surface area contributed by atoms with E-state index in [9.17, 15) is 14.4 Å². The van der Waals surface area contributed by atoms with Gasteiger partial charge < -0.3 is 24.6 Å². The van der Waals surface area contributed by atoms with Crippen LogP contribution in [0.15, 0.2) is 24.3 Å². The van der Waals surface area contributed by atoms with Crippen LogP contribution in [0.5, 0.6) is 0 Å². The maximum atomic E-state index is 14.0. The highest BCUT2D eigenvalue weighted by Gasteiger charge is 2.56. The van der Waals surface area contributed by atoms with Crippen LogP contribution in [0, 0.1) is 0 Å². The zero-order valence-corrected chi connectivity index (χ0v) is 21.5. The van der Waals surface area contributed by atoms with E-state index in [-0.39, 0.29) is 30.3 Å². The van der Waals surface area contributed by atoms with Gasteiger partial charge in [0.1, 0.15) is 30.4 Å². The van der Waals surface area contributed by atoms with Crippen LogP contribution in [0.3, 0.4) is 0 Å². The van der Waals surface area contributed by atoms with Gasteiger partial charge in [-0.3, -0.25) is 14.4 Å². The molecule has 1 saturated carbocycles. The summed E-state index contributed by atoms with van der Waals surface area (Å²) in [4.78, 5) is 44.1. The maximum absolute atomic E-state index is 14.0. The van der Waals surface area contributed by atoms with Crippen molar-refractivity contribution in [3.05, 3.63) is 35.4 Å². The molecule has 1 aliphatic carbocycles. The molecule has 0 aromatic heterocycles. The van der Waals surface area contributed by atoms with Crippen LogP contribution in [0.4, 0.5) is 0 Å². The Morgan fingerprint density at radius 3 is 2.44 bits per heavy atom. The van der Waals surface area contributed by atoms with Gasteiger partial charge in [-0.15, -0.1) is 0 Å². The summed E-state index contributed by atoms with van der Waals surface area (Å²) in [6.45, 7) is 5.84. The van der Waals surface area contributed by atoms with Crippen LogP contribution in [-0.2, 0) is 19.1 Å². The molecule has 0 radical (unpaired) electrons. The zero-order valence-electron chi connectivity index (χ0n) is 21.5. The highest BCUT2D eigenvalue weighted by atomic mass is 16.5. The smallest absolute Gasteiger partial charge is 0.252 e. The Morgan fingerprint density at radius 1 is 1.11 bits per heavy atom. The van der Waals surface area contributed by atoms with Crippen molar-refractivity contribution in [2.24, 2.45) is 0 Å². The number of ether oxygens (including phenoxy) is 2. The Bertz CT molecular complexity index is 966. The minimum Gasteiger partial charge on any atom is -0.377 e. The van der Waals surface area contributed by atoms with Crippen LogP contribution in [0.2, 0.25) is 0 Å². The minimum atomic E-state index is -1.00. The number of rotatable bonds is 6. The third-order valence-corrected chi connectivity index (χ3v) is 8.85. The number of nitrogens with one attached hydrogen (secondary N) is 1. The van der Waals surface area contributed by atoms with Gasteiger partial charge in [-0.1, -0.05) is 38.3 Å². The lowest BCUT2D eigenvalue weighted by Gasteiger charge is -2.40. The molecule has 3 saturated heterocycles. The van der Waals surface area contributed by atoms with Crippen molar-refractivity contribution in [3.63, 3.8) is 0 Å². The number of amides is 2. The molecule has 4 aliphatic rings. The predicted octanol–water partition coefficient (Wildman–Crippen LogP) is 2.51. The van der Waals surface area contributed by atoms with Gasteiger partial charge in [0.2, 0.25) is 5.91 Å². The van der Waals surface area contributed by atoms with E-state index in [4.69, 9.17) is 9.47 Å². The summed E-state index contributed by atoms with van der Waals surface area (Å²) >= 11 is 0. The predicted molar refractivity (Wildman–Crippen MR) is 135 cm³/mol. The molecule has 8 nitrogen and oxygen atoms in total. The molecular formula is C28H39N3O5. The van der Waals surface area contributed by atoms with Crippen molar-refractivity contribution in [3.8, 4) is 0 Å². The number of likely N-dealkylation sites (tertiary alicyclic amines) is 2. The van der Waals surface area contributed by atoms with E-state index in [2.05, 4.69) is 29.3 Å². The third kappa shape index (κ3) is 4.71. The Balaban J connectivity index is 1.31. The van der Waals surface area contributed by atoms with Crippen molar-refractivity contribution in [1.82, 2.24) is 15.1 Å². The van der Waals surface area contributed by atoms with E-state index in [1.165, 1.54) is 5.56 Å². The fourth-order valence-corrected chi connectivity index (χ4v) is 6.63. The first-order valence-electron chi connectivity index (χ1n) is 13.6. The van der Waals surface area contributed by atoms with Gasteiger partial charge in [-0.25, -0.2) is 0 Å². The lowest BCUT2D eigenvalue weighted by atomic mass is 9.80. The zero-order chi connectivity index (χ0) is 25.3. The first-order chi connectivity index (χ1) is 17.5. The van der Waals surface area contributed by atoms with Gasteiger partial charge in [-0.2, -0.15) is 0 Å². The second-order valence-electron chi connectivity index (χ2n) is 10.8. The highest BCUT2D eigenvalue weighted by Crippen LogP contribution is 2.36. The molecule has 1 N–H and O–H groups in total. The summed E-state index contributed by atoms with van der Waals surface area (Å²) in [5.41, 5.74) is 0.841. The quantitative estimate of drug-likeness (QED) is 0.650. The van der Waals surface area contributed by atoms with Crippen molar-refractivity contribution in [2.45, 2.75) is 81.6 Å². The van der Waals surface area contributed by atoms with Crippen molar-refractivity contribution >= 4 is 17.6 Å². The summed E-state index contributed by atoms with van der Waals surface area (Å²) in [5, 5.41) is 3.14. The molecule has 1 aromatic carbocycles. The van der Waals surface area contributed by atoms with E-state index in [0.717, 1.165) is 51.7 Å². The fraction of sp³-hybridized carbons (Fsp3) is 0.679. The lowest BCUT2D eigenvalue weighted by molar-refractivity contribution is -0.143. The number of piperidine rings is 1. The first-order valence-corrected chi connectivity index (χ1v) is 13.6. The molecule has 0 unspecified atom stereocenters. The van der Waals surface area contributed by atoms with Gasteiger partial charge in [0, 0.05) is 12.7 Å². The van der Waals surface area contributed by atoms with Crippen LogP contribution in [0.25, 0.3) is 0 Å². The number of carbonyl (C=O) groups excluding carboxylic acids is 3. The average molecular weight is 498 g/mol. The minimum absolute atomic E-state index is 0.00213. The topological polar surface area (TPSA) is 88.2 Å². The molecule has 0 spiro atoms. The molecule has 0 bridgehead atoms. The van der Waals surface area contributed by atoms with E-state index >= 15 is 0 Å². The van der Waals surface area contributed by atoms with Gasteiger partial charge in [0.15, 0.2) is 5.78 Å². The number of carbonyl (C=O) groups is 3. The van der Waals surface area contributed by atoms with E-state index in [1.807, 2.05) is 12.1 Å².